The predicted octanol–water partition coefficient (Wildman–Crippen LogP) is 5.70. The van der Waals surface area contributed by atoms with Crippen LogP contribution >= 0.6 is 23.5 Å². The third-order valence-electron chi connectivity index (χ3n) is 13.0. The van der Waals surface area contributed by atoms with E-state index >= 15 is 4.79 Å². The van der Waals surface area contributed by atoms with Gasteiger partial charge in [0.1, 0.15) is 16.8 Å². The van der Waals surface area contributed by atoms with Gasteiger partial charge in [-0.25, -0.2) is 0 Å². The molecule has 6 heterocycles. The summed E-state index contributed by atoms with van der Waals surface area (Å²) < 4.78 is 10.9. The van der Waals surface area contributed by atoms with Crippen LogP contribution in [-0.2, 0) is 25.5 Å². The number of hydrogen-bond donors (Lipinski definition) is 5. The first kappa shape index (κ1) is 36.2. The van der Waals surface area contributed by atoms with E-state index in [0.717, 1.165) is 11.3 Å². The SMILES string of the molecule is COc1ccc(C2C3SCCN3C3(C(=O)Nc4ccccc43)C2C(=O)C=C(O)C2C3CSCN3C3(C(=O)Nc4ccccc43)C2c2ccc(O)c(OC)c2)cc1O. The number of anilines is 2. The van der Waals surface area contributed by atoms with Gasteiger partial charge in [-0.2, -0.15) is 0 Å². The van der Waals surface area contributed by atoms with E-state index in [0.29, 0.717) is 46.2 Å². The highest BCUT2D eigenvalue weighted by molar-refractivity contribution is 8.00. The zero-order chi connectivity index (χ0) is 39.4. The number of rotatable bonds is 7. The number of hydrogen-bond acceptors (Lipinski definition) is 12. The second kappa shape index (κ2) is 13.2. The fraction of sp³-hybridized carbons (Fsp3) is 0.326. The number of aliphatic hydroxyl groups excluding tert-OH is 1. The Morgan fingerprint density at radius 2 is 1.49 bits per heavy atom. The molecule has 10 rings (SSSR count). The largest absolute Gasteiger partial charge is 0.512 e. The van der Waals surface area contributed by atoms with Crippen LogP contribution in [-0.4, -0.2) is 92.3 Å². The molecule has 6 aliphatic heterocycles. The minimum Gasteiger partial charge on any atom is -0.512 e. The highest BCUT2D eigenvalue weighted by Gasteiger charge is 2.71. The van der Waals surface area contributed by atoms with Crippen LogP contribution in [0, 0.1) is 11.8 Å². The third kappa shape index (κ3) is 4.81. The number of para-hydroxylation sites is 2. The zero-order valence-electron chi connectivity index (χ0n) is 31.0. The van der Waals surface area contributed by atoms with Crippen molar-refractivity contribution in [3.63, 3.8) is 0 Å². The summed E-state index contributed by atoms with van der Waals surface area (Å²) in [5.41, 5.74) is 1.43. The van der Waals surface area contributed by atoms with E-state index in [9.17, 15) is 24.9 Å². The lowest BCUT2D eigenvalue weighted by Gasteiger charge is -2.37. The number of nitrogens with one attached hydrogen (secondary N) is 2. The Hall–Kier alpha value is -5.15. The lowest BCUT2D eigenvalue weighted by Crippen LogP contribution is -2.52. The van der Waals surface area contributed by atoms with Crippen molar-refractivity contribution in [2.75, 3.05) is 48.8 Å². The quantitative estimate of drug-likeness (QED) is 0.115. The molecule has 4 saturated heterocycles. The number of phenolic OH excluding ortho intramolecular Hbond substituents is 2. The summed E-state index contributed by atoms with van der Waals surface area (Å²) in [4.78, 5) is 49.1. The van der Waals surface area contributed by atoms with Crippen molar-refractivity contribution in [3.8, 4) is 23.0 Å². The lowest BCUT2D eigenvalue weighted by atomic mass is 9.69. The number of allylic oxidation sites excluding steroid dienone is 1. The lowest BCUT2D eigenvalue weighted by molar-refractivity contribution is -0.134. The standard InChI is InChI=1S/C43H40N4O8S2/c1-54-33-14-12-22(17-30(33)49)35-38(43(46-15-16-57-39(35)46)25-8-4-6-10-27(25)45-41(43)53)32(51)19-31(50)36-28-20-56-21-47(28)42(24-7-3-5-9-26(24)44-40(42)52)37(36)23-11-13-29(48)34(18-23)55-2/h3-14,17-19,28,35-39,48-50H,15-16,20-21H2,1-2H3,(H,44,52)(H,45,53). The van der Waals surface area contributed by atoms with E-state index in [4.69, 9.17) is 9.47 Å². The first-order valence-corrected chi connectivity index (χ1v) is 21.1. The summed E-state index contributed by atoms with van der Waals surface area (Å²) in [6, 6.07) is 24.8. The van der Waals surface area contributed by atoms with Gasteiger partial charge in [-0.1, -0.05) is 48.5 Å². The van der Waals surface area contributed by atoms with Crippen molar-refractivity contribution in [1.82, 2.24) is 9.80 Å². The van der Waals surface area contributed by atoms with Gasteiger partial charge in [0.2, 0.25) is 11.8 Å². The number of phenols is 2. The van der Waals surface area contributed by atoms with E-state index < -0.39 is 40.5 Å². The Morgan fingerprint density at radius 1 is 0.825 bits per heavy atom. The van der Waals surface area contributed by atoms with E-state index in [1.165, 1.54) is 26.4 Å². The van der Waals surface area contributed by atoms with E-state index in [1.807, 2.05) is 54.6 Å². The second-order valence-corrected chi connectivity index (χ2v) is 17.6. The highest BCUT2D eigenvalue weighted by atomic mass is 32.2. The molecule has 4 aromatic carbocycles. The highest BCUT2D eigenvalue weighted by Crippen LogP contribution is 2.65. The molecule has 4 fully saturated rings. The van der Waals surface area contributed by atoms with E-state index in [-0.39, 0.29) is 52.0 Å². The number of carbonyl (C=O) groups is 3. The number of aliphatic hydroxyl groups is 1. The molecule has 0 bridgehead atoms. The molecule has 0 radical (unpaired) electrons. The van der Waals surface area contributed by atoms with Gasteiger partial charge in [-0.05, 0) is 47.5 Å². The van der Waals surface area contributed by atoms with Gasteiger partial charge in [-0.15, -0.1) is 23.5 Å². The molecule has 292 valence electrons. The molecule has 2 spiro atoms. The fourth-order valence-corrected chi connectivity index (χ4v) is 13.8. The number of methoxy groups -OCH3 is 2. The van der Waals surface area contributed by atoms with Crippen LogP contribution in [0.3, 0.4) is 0 Å². The van der Waals surface area contributed by atoms with E-state index in [2.05, 4.69) is 20.4 Å². The molecule has 0 aromatic heterocycles. The van der Waals surface area contributed by atoms with Gasteiger partial charge in [-0.3, -0.25) is 24.2 Å². The Balaban J connectivity index is 1.16. The van der Waals surface area contributed by atoms with Crippen molar-refractivity contribution >= 4 is 52.5 Å². The first-order chi connectivity index (χ1) is 27.7. The second-order valence-electron chi connectivity index (χ2n) is 15.4. The summed E-state index contributed by atoms with van der Waals surface area (Å²) >= 11 is 3.33. The molecule has 5 N–H and O–H groups in total. The van der Waals surface area contributed by atoms with Gasteiger partial charge in [0.15, 0.2) is 28.8 Å². The molecule has 4 aromatic rings. The molecule has 14 heteroatoms. The third-order valence-corrected chi connectivity index (χ3v) is 15.4. The number of benzene rings is 4. The van der Waals surface area contributed by atoms with Crippen LogP contribution in [0.5, 0.6) is 23.0 Å². The van der Waals surface area contributed by atoms with Crippen LogP contribution in [0.15, 0.2) is 96.8 Å². The van der Waals surface area contributed by atoms with Crippen molar-refractivity contribution in [1.29, 1.82) is 0 Å². The topological polar surface area (TPSA) is 161 Å². The fourth-order valence-electron chi connectivity index (χ4n) is 11.0. The summed E-state index contributed by atoms with van der Waals surface area (Å²) in [7, 11) is 2.93. The number of thioether (sulfide) groups is 2. The molecule has 2 amide bonds. The van der Waals surface area contributed by atoms with Gasteiger partial charge >= 0.3 is 0 Å². The van der Waals surface area contributed by atoms with Crippen molar-refractivity contribution < 1.29 is 39.2 Å². The monoisotopic (exact) mass is 804 g/mol. The number of ether oxygens (including phenoxy) is 2. The average molecular weight is 805 g/mol. The molecule has 8 unspecified atom stereocenters. The zero-order valence-corrected chi connectivity index (χ0v) is 32.7. The summed E-state index contributed by atoms with van der Waals surface area (Å²) in [5.74, 6) is -2.04. The van der Waals surface area contributed by atoms with Gasteiger partial charge in [0.25, 0.3) is 0 Å². The Labute approximate surface area is 337 Å². The Kier molecular flexibility index (Phi) is 8.38. The van der Waals surface area contributed by atoms with Crippen LogP contribution < -0.4 is 20.1 Å². The average Bonchev–Trinajstić information content (AvgIpc) is 4.05. The summed E-state index contributed by atoms with van der Waals surface area (Å²) in [5, 5.41) is 40.3. The molecular weight excluding hydrogens is 765 g/mol. The maximum Gasteiger partial charge on any atom is 0.250 e. The summed E-state index contributed by atoms with van der Waals surface area (Å²) in [6.45, 7) is 0.549. The number of nitrogens with zero attached hydrogens (tertiary/aromatic N) is 2. The van der Waals surface area contributed by atoms with Crippen LogP contribution in [0.25, 0.3) is 0 Å². The summed E-state index contributed by atoms with van der Waals surface area (Å²) in [6.07, 6.45) is 1.30. The smallest absolute Gasteiger partial charge is 0.250 e. The molecule has 8 atom stereocenters. The van der Waals surface area contributed by atoms with Gasteiger partial charge < -0.3 is 35.4 Å². The van der Waals surface area contributed by atoms with Crippen LogP contribution in [0.4, 0.5) is 11.4 Å². The number of fused-ring (bicyclic) bond motifs is 8. The molecular formula is C43H40N4O8S2. The number of ketones is 1. The van der Waals surface area contributed by atoms with Crippen LogP contribution in [0.2, 0.25) is 0 Å². The van der Waals surface area contributed by atoms with Gasteiger partial charge in [0, 0.05) is 76.3 Å². The maximum absolute atomic E-state index is 15.5. The maximum atomic E-state index is 15.5. The Bertz CT molecular complexity index is 2410. The number of aromatic hydroxyl groups is 2. The molecule has 0 aliphatic carbocycles. The predicted molar refractivity (Wildman–Crippen MR) is 217 cm³/mol. The molecule has 0 saturated carbocycles. The van der Waals surface area contributed by atoms with Crippen molar-refractivity contribution in [2.24, 2.45) is 11.8 Å². The first-order valence-electron chi connectivity index (χ1n) is 18.9. The van der Waals surface area contributed by atoms with Crippen molar-refractivity contribution in [2.45, 2.75) is 34.3 Å². The molecule has 6 aliphatic rings. The van der Waals surface area contributed by atoms with Crippen molar-refractivity contribution in [3.05, 3.63) is 119 Å². The van der Waals surface area contributed by atoms with E-state index in [1.54, 1.807) is 47.8 Å². The minimum absolute atomic E-state index is 0.0669. The number of amides is 2. The van der Waals surface area contributed by atoms with Gasteiger partial charge in [0.05, 0.1) is 25.5 Å². The van der Waals surface area contributed by atoms with Crippen LogP contribution in [0.1, 0.15) is 34.1 Å². The minimum atomic E-state index is -1.40. The normalized spacial score (nSPS) is 31.3. The molecule has 12 nitrogen and oxygen atoms in total. The Morgan fingerprint density at radius 3 is 2.19 bits per heavy atom. The molecule has 57 heavy (non-hydrogen) atoms. The number of carbonyl (C=O) groups excluding carboxylic acids is 3.